The molecule has 182 valence electrons. The van der Waals surface area contributed by atoms with Gasteiger partial charge in [0.25, 0.3) is 17.4 Å². The standard InChI is InChI=1S/C27H22F2N4O3/c28-19-8-6-18(7-9-19)26(35)32-11-13-33(14-12-32)27(36)22-15-17(5-10-23(22)29)16-24-20-3-1-2-4-21(20)25(34)31-30-24/h1-10,15H,11-14,16H2,(H,31,34)/i28-1. The molecule has 1 aliphatic heterocycles. The van der Waals surface area contributed by atoms with Crippen LogP contribution < -0.4 is 5.56 Å². The van der Waals surface area contributed by atoms with Crippen LogP contribution in [0, 0.1) is 11.6 Å². The first kappa shape index (κ1) is 23.3. The van der Waals surface area contributed by atoms with Gasteiger partial charge in [0, 0.05) is 43.5 Å². The van der Waals surface area contributed by atoms with Crippen molar-refractivity contribution in [2.75, 3.05) is 26.2 Å². The van der Waals surface area contributed by atoms with E-state index < -0.39 is 17.5 Å². The maximum absolute atomic E-state index is 14.7. The molecule has 0 saturated carbocycles. The van der Waals surface area contributed by atoms with E-state index in [9.17, 15) is 23.2 Å². The number of fused-ring (bicyclic) bond motifs is 1. The lowest BCUT2D eigenvalue weighted by molar-refractivity contribution is 0.0532. The highest BCUT2D eigenvalue weighted by atomic mass is 19.1. The van der Waals surface area contributed by atoms with E-state index in [1.54, 1.807) is 29.2 Å². The summed E-state index contributed by atoms with van der Waals surface area (Å²) in [6, 6.07) is 16.8. The molecule has 9 heteroatoms. The average Bonchev–Trinajstić information content (AvgIpc) is 2.91. The number of rotatable bonds is 4. The summed E-state index contributed by atoms with van der Waals surface area (Å²) in [7, 11) is 0. The maximum atomic E-state index is 14.7. The van der Waals surface area contributed by atoms with Crippen molar-refractivity contribution in [3.05, 3.63) is 111 Å². The predicted octanol–water partition coefficient (Wildman–Crippen LogP) is 3.39. The van der Waals surface area contributed by atoms with Crippen LogP contribution in [-0.2, 0) is 6.42 Å². The molecule has 7 nitrogen and oxygen atoms in total. The van der Waals surface area contributed by atoms with Crippen LogP contribution in [0.25, 0.3) is 10.8 Å². The van der Waals surface area contributed by atoms with Crippen molar-refractivity contribution in [1.29, 1.82) is 0 Å². The number of piperazine rings is 1. The van der Waals surface area contributed by atoms with Crippen LogP contribution in [0.5, 0.6) is 0 Å². The molecule has 1 saturated heterocycles. The molecule has 2 amide bonds. The number of carbonyl (C=O) groups excluding carboxylic acids is 2. The van der Waals surface area contributed by atoms with Gasteiger partial charge in [0.1, 0.15) is 11.6 Å². The van der Waals surface area contributed by atoms with Gasteiger partial charge in [-0.2, -0.15) is 5.10 Å². The van der Waals surface area contributed by atoms with Crippen molar-refractivity contribution in [3.8, 4) is 0 Å². The van der Waals surface area contributed by atoms with Crippen molar-refractivity contribution >= 4 is 22.6 Å². The van der Waals surface area contributed by atoms with Crippen LogP contribution in [0.1, 0.15) is 32.0 Å². The van der Waals surface area contributed by atoms with E-state index in [0.29, 0.717) is 34.0 Å². The number of hydrogen-bond donors (Lipinski definition) is 1. The van der Waals surface area contributed by atoms with Crippen LogP contribution in [0.15, 0.2) is 71.5 Å². The van der Waals surface area contributed by atoms with E-state index >= 15 is 0 Å². The normalized spacial score (nSPS) is 13.7. The lowest BCUT2D eigenvalue weighted by atomic mass is 10.0. The Balaban J connectivity index is 1.30. The van der Waals surface area contributed by atoms with E-state index in [1.807, 2.05) is 6.07 Å². The molecule has 4 aromatic rings. The van der Waals surface area contributed by atoms with Gasteiger partial charge in [-0.15, -0.1) is 0 Å². The fraction of sp³-hybridized carbons (Fsp3) is 0.185. The van der Waals surface area contributed by atoms with Gasteiger partial charge in [0.2, 0.25) is 0 Å². The van der Waals surface area contributed by atoms with Gasteiger partial charge in [-0.1, -0.05) is 24.3 Å². The number of H-pyrrole nitrogens is 1. The molecule has 5 rings (SSSR count). The van der Waals surface area contributed by atoms with Crippen LogP contribution in [0.4, 0.5) is 8.78 Å². The molecule has 0 aliphatic carbocycles. The molecule has 1 fully saturated rings. The van der Waals surface area contributed by atoms with Gasteiger partial charge in [0.15, 0.2) is 0 Å². The van der Waals surface area contributed by atoms with Crippen molar-refractivity contribution in [3.63, 3.8) is 0 Å². The largest absolute Gasteiger partial charge is 0.335 e. The summed E-state index contributed by atoms with van der Waals surface area (Å²) in [6.45, 7) is 1.08. The minimum absolute atomic E-state index is 0.0560. The predicted molar refractivity (Wildman–Crippen MR) is 130 cm³/mol. The van der Waals surface area contributed by atoms with E-state index in [4.69, 9.17) is 0 Å². The zero-order chi connectivity index (χ0) is 25.2. The number of aromatic nitrogens is 2. The fourth-order valence-electron chi connectivity index (χ4n) is 4.40. The van der Waals surface area contributed by atoms with E-state index in [1.165, 1.54) is 41.3 Å². The van der Waals surface area contributed by atoms with Crippen LogP contribution in [0.2, 0.25) is 0 Å². The smallest absolute Gasteiger partial charge is 0.272 e. The minimum atomic E-state index is -0.632. The lowest BCUT2D eigenvalue weighted by Crippen LogP contribution is -2.50. The Morgan fingerprint density at radius 2 is 1.47 bits per heavy atom. The molecular weight excluding hydrogens is 465 g/mol. The molecule has 1 N–H and O–H groups in total. The second-order valence-corrected chi connectivity index (χ2v) is 8.63. The number of nitrogens with one attached hydrogen (secondary N) is 1. The molecule has 0 spiro atoms. The summed E-state index contributed by atoms with van der Waals surface area (Å²) < 4.78 is 27.8. The van der Waals surface area contributed by atoms with Crippen molar-refractivity contribution in [2.45, 2.75) is 6.42 Å². The Hall–Kier alpha value is -4.40. The zero-order valence-electron chi connectivity index (χ0n) is 19.2. The van der Waals surface area contributed by atoms with E-state index in [0.717, 1.165) is 0 Å². The fourth-order valence-corrected chi connectivity index (χ4v) is 4.40. The van der Waals surface area contributed by atoms with Gasteiger partial charge in [0.05, 0.1) is 16.6 Å². The Morgan fingerprint density at radius 3 is 2.17 bits per heavy atom. The van der Waals surface area contributed by atoms with Crippen molar-refractivity contribution in [2.24, 2.45) is 0 Å². The van der Waals surface area contributed by atoms with Crippen molar-refractivity contribution in [1.82, 2.24) is 20.0 Å². The summed E-state index contributed by atoms with van der Waals surface area (Å²) >= 11 is 0. The highest BCUT2D eigenvalue weighted by Gasteiger charge is 2.27. The molecule has 0 radical (unpaired) electrons. The van der Waals surface area contributed by atoms with Crippen LogP contribution in [0.3, 0.4) is 0 Å². The Morgan fingerprint density at radius 1 is 0.833 bits per heavy atom. The second-order valence-electron chi connectivity index (χ2n) is 8.63. The second kappa shape index (κ2) is 9.69. The Kier molecular flexibility index (Phi) is 6.28. The van der Waals surface area contributed by atoms with Gasteiger partial charge in [-0.25, -0.2) is 13.9 Å². The monoisotopic (exact) mass is 487 g/mol. The topological polar surface area (TPSA) is 86.4 Å². The van der Waals surface area contributed by atoms with Gasteiger partial charge in [-0.05, 0) is 48.0 Å². The van der Waals surface area contributed by atoms with Crippen LogP contribution >= 0.6 is 0 Å². The molecule has 0 unspecified atom stereocenters. The Bertz CT molecular complexity index is 1510. The van der Waals surface area contributed by atoms with Crippen molar-refractivity contribution < 1.29 is 18.4 Å². The molecular formula is C27H22F2N4O3. The quantitative estimate of drug-likeness (QED) is 0.478. The molecule has 36 heavy (non-hydrogen) atoms. The molecule has 1 aliphatic rings. The van der Waals surface area contributed by atoms with Gasteiger partial charge >= 0.3 is 0 Å². The number of amides is 2. The maximum Gasteiger partial charge on any atom is 0.272 e. The van der Waals surface area contributed by atoms with E-state index in [2.05, 4.69) is 10.2 Å². The molecule has 0 bridgehead atoms. The third-order valence-corrected chi connectivity index (χ3v) is 6.35. The summed E-state index contributed by atoms with van der Waals surface area (Å²) in [5.74, 6) is -1.75. The van der Waals surface area contributed by atoms with Gasteiger partial charge in [-0.3, -0.25) is 14.4 Å². The van der Waals surface area contributed by atoms with Gasteiger partial charge < -0.3 is 9.80 Å². The number of carbonyl (C=O) groups is 2. The van der Waals surface area contributed by atoms with E-state index in [-0.39, 0.29) is 43.2 Å². The van der Waals surface area contributed by atoms with Crippen LogP contribution in [-0.4, -0.2) is 58.0 Å². The molecule has 1 aromatic heterocycles. The first-order valence-corrected chi connectivity index (χ1v) is 11.5. The zero-order valence-corrected chi connectivity index (χ0v) is 19.2. The third kappa shape index (κ3) is 4.59. The molecule has 3 aromatic carbocycles. The third-order valence-electron chi connectivity index (χ3n) is 6.35. The summed E-state index contributed by atoms with van der Waals surface area (Å²) in [5.41, 5.74) is 1.32. The first-order valence-electron chi connectivity index (χ1n) is 11.5. The number of hydrogen-bond acceptors (Lipinski definition) is 4. The molecule has 0 atom stereocenters. The highest BCUT2D eigenvalue weighted by Crippen LogP contribution is 2.20. The average molecular weight is 487 g/mol. The number of halogens is 2. The summed E-state index contributed by atoms with van der Waals surface area (Å²) in [6.07, 6.45) is 0.303. The summed E-state index contributed by atoms with van der Waals surface area (Å²) in [5, 5.41) is 7.85. The minimum Gasteiger partial charge on any atom is -0.335 e. The highest BCUT2D eigenvalue weighted by molar-refractivity contribution is 5.96. The SMILES string of the molecule is O=C(c1ccc([18F])cc1)N1CCN(C(=O)c2cc(Cc3n[nH]c(=O)c4ccccc34)ccc2F)CC1. The first-order chi connectivity index (χ1) is 17.4. The number of aromatic amines is 1. The lowest BCUT2D eigenvalue weighted by Gasteiger charge is -2.35. The molecule has 2 heterocycles. The summed E-state index contributed by atoms with van der Waals surface area (Å²) in [4.78, 5) is 41.0. The Labute approximate surface area is 205 Å². The number of benzene rings is 3. The number of nitrogens with zero attached hydrogens (tertiary/aromatic N) is 3.